The molecule has 1 aromatic carbocycles. The first kappa shape index (κ1) is 18.5. The predicted octanol–water partition coefficient (Wildman–Crippen LogP) is 3.51. The molecule has 5 heteroatoms. The van der Waals surface area contributed by atoms with Crippen LogP contribution in [0.1, 0.15) is 31.7 Å². The van der Waals surface area contributed by atoms with E-state index in [4.69, 9.17) is 0 Å². The average Bonchev–Trinajstić information content (AvgIpc) is 2.46. The van der Waals surface area contributed by atoms with Gasteiger partial charge < -0.3 is 10.6 Å². The van der Waals surface area contributed by atoms with Crippen molar-refractivity contribution < 1.29 is 4.79 Å². The molecule has 1 aromatic rings. The molecule has 0 aromatic heterocycles. The smallest absolute Gasteiger partial charge is 0.220 e. The number of hydrogen-bond acceptors (Lipinski definition) is 2. The summed E-state index contributed by atoms with van der Waals surface area (Å²) in [5.74, 6) is 1.32. The fraction of sp³-hybridized carbons (Fsp3) is 0.562. The molecule has 1 aliphatic heterocycles. The average molecular weight is 376 g/mol. The van der Waals surface area contributed by atoms with E-state index >= 15 is 0 Å². The third-order valence-electron chi connectivity index (χ3n) is 4.07. The Bertz CT molecular complexity index is 450. The van der Waals surface area contributed by atoms with E-state index in [1.165, 1.54) is 12.8 Å². The third kappa shape index (κ3) is 6.37. The van der Waals surface area contributed by atoms with Gasteiger partial charge in [-0.1, -0.05) is 35.0 Å². The molecule has 0 bridgehead atoms. The quantitative estimate of drug-likeness (QED) is 0.827. The molecule has 1 aliphatic rings. The van der Waals surface area contributed by atoms with Crippen LogP contribution >= 0.6 is 28.3 Å². The highest BCUT2D eigenvalue weighted by molar-refractivity contribution is 9.10. The van der Waals surface area contributed by atoms with Gasteiger partial charge in [-0.25, -0.2) is 0 Å². The first-order chi connectivity index (χ1) is 9.65. The van der Waals surface area contributed by atoms with Gasteiger partial charge in [0.2, 0.25) is 5.91 Å². The van der Waals surface area contributed by atoms with Gasteiger partial charge in [0.05, 0.1) is 0 Å². The molecule has 118 valence electrons. The van der Waals surface area contributed by atoms with Crippen LogP contribution in [0, 0.1) is 11.8 Å². The van der Waals surface area contributed by atoms with Crippen molar-refractivity contribution in [2.24, 2.45) is 11.8 Å². The van der Waals surface area contributed by atoms with Crippen molar-refractivity contribution in [2.45, 2.75) is 32.7 Å². The minimum Gasteiger partial charge on any atom is -0.352 e. The van der Waals surface area contributed by atoms with Crippen molar-refractivity contribution in [3.63, 3.8) is 0 Å². The van der Waals surface area contributed by atoms with E-state index in [9.17, 15) is 4.79 Å². The van der Waals surface area contributed by atoms with Gasteiger partial charge in [-0.2, -0.15) is 0 Å². The number of halogens is 2. The molecule has 1 amide bonds. The van der Waals surface area contributed by atoms with Gasteiger partial charge in [0.15, 0.2) is 0 Å². The van der Waals surface area contributed by atoms with Crippen LogP contribution in [0.4, 0.5) is 0 Å². The van der Waals surface area contributed by atoms with Gasteiger partial charge in [-0.05, 0) is 55.5 Å². The van der Waals surface area contributed by atoms with Crippen LogP contribution in [0.5, 0.6) is 0 Å². The van der Waals surface area contributed by atoms with E-state index in [0.717, 1.165) is 23.1 Å². The molecular weight excluding hydrogens is 352 g/mol. The Balaban J connectivity index is 0.00000220. The van der Waals surface area contributed by atoms with Crippen molar-refractivity contribution in [1.29, 1.82) is 0 Å². The van der Waals surface area contributed by atoms with Gasteiger partial charge in [0.1, 0.15) is 0 Å². The summed E-state index contributed by atoms with van der Waals surface area (Å²) < 4.78 is 1.05. The fourth-order valence-corrected chi connectivity index (χ4v) is 3.24. The number of benzene rings is 1. The molecule has 21 heavy (non-hydrogen) atoms. The first-order valence-corrected chi connectivity index (χ1v) is 8.16. The van der Waals surface area contributed by atoms with E-state index in [1.807, 2.05) is 24.3 Å². The second-order valence-corrected chi connectivity index (χ2v) is 6.59. The van der Waals surface area contributed by atoms with Crippen LogP contribution in [-0.2, 0) is 11.3 Å². The maximum absolute atomic E-state index is 12.0. The molecule has 1 unspecified atom stereocenters. The molecule has 0 spiro atoms. The highest BCUT2D eigenvalue weighted by Gasteiger charge is 2.21. The largest absolute Gasteiger partial charge is 0.352 e. The lowest BCUT2D eigenvalue weighted by Crippen LogP contribution is -2.33. The number of rotatable bonds is 5. The van der Waals surface area contributed by atoms with Crippen molar-refractivity contribution >= 4 is 34.2 Å². The number of amides is 1. The van der Waals surface area contributed by atoms with Crippen molar-refractivity contribution in [3.8, 4) is 0 Å². The van der Waals surface area contributed by atoms with Crippen LogP contribution in [0.2, 0.25) is 0 Å². The van der Waals surface area contributed by atoms with E-state index in [0.29, 0.717) is 24.8 Å². The van der Waals surface area contributed by atoms with Gasteiger partial charge in [0.25, 0.3) is 0 Å². The molecular formula is C16H24BrClN2O. The minimum absolute atomic E-state index is 0. The number of carbonyl (C=O) groups excluding carboxylic acids is 1. The van der Waals surface area contributed by atoms with Crippen LogP contribution in [-0.4, -0.2) is 19.0 Å². The fourth-order valence-electron chi connectivity index (χ4n) is 2.79. The highest BCUT2D eigenvalue weighted by atomic mass is 79.9. The molecule has 2 N–H and O–H groups in total. The zero-order valence-electron chi connectivity index (χ0n) is 12.4. The zero-order chi connectivity index (χ0) is 14.4. The van der Waals surface area contributed by atoms with Crippen molar-refractivity contribution in [2.75, 3.05) is 13.1 Å². The van der Waals surface area contributed by atoms with Gasteiger partial charge in [-0.15, -0.1) is 12.4 Å². The lowest BCUT2D eigenvalue weighted by Gasteiger charge is -2.27. The second-order valence-electron chi connectivity index (χ2n) is 5.68. The van der Waals surface area contributed by atoms with Gasteiger partial charge in [0, 0.05) is 17.4 Å². The summed E-state index contributed by atoms with van der Waals surface area (Å²) in [6.07, 6.45) is 3.03. The van der Waals surface area contributed by atoms with Crippen LogP contribution < -0.4 is 10.6 Å². The SMILES string of the molecule is CC(CC(=O)NCc1cccc(Br)c1)C1CCNCC1.Cl. The lowest BCUT2D eigenvalue weighted by atomic mass is 9.84. The van der Waals surface area contributed by atoms with Gasteiger partial charge >= 0.3 is 0 Å². The highest BCUT2D eigenvalue weighted by Crippen LogP contribution is 2.24. The molecule has 0 radical (unpaired) electrons. The van der Waals surface area contributed by atoms with Crippen LogP contribution in [0.15, 0.2) is 28.7 Å². The second kappa shape index (κ2) is 9.44. The molecule has 0 saturated carbocycles. The Kier molecular flexibility index (Phi) is 8.30. The lowest BCUT2D eigenvalue weighted by molar-refractivity contribution is -0.122. The summed E-state index contributed by atoms with van der Waals surface area (Å²) in [4.78, 5) is 12.0. The Labute approximate surface area is 141 Å². The summed E-state index contributed by atoms with van der Waals surface area (Å²) in [5, 5.41) is 6.39. The number of nitrogens with one attached hydrogen (secondary N) is 2. The number of piperidine rings is 1. The topological polar surface area (TPSA) is 41.1 Å². The third-order valence-corrected chi connectivity index (χ3v) is 4.57. The summed E-state index contributed by atoms with van der Waals surface area (Å²) >= 11 is 3.44. The Morgan fingerprint density at radius 3 is 2.81 bits per heavy atom. The Morgan fingerprint density at radius 1 is 1.43 bits per heavy atom. The van der Waals surface area contributed by atoms with E-state index in [2.05, 4.69) is 33.5 Å². The van der Waals surface area contributed by atoms with E-state index in [-0.39, 0.29) is 18.3 Å². The standard InChI is InChI=1S/C16H23BrN2O.ClH/c1-12(14-5-7-18-8-6-14)9-16(20)19-11-13-3-2-4-15(17)10-13;/h2-4,10,12,14,18H,5-9,11H2,1H3,(H,19,20);1H. The first-order valence-electron chi connectivity index (χ1n) is 7.37. The summed E-state index contributed by atoms with van der Waals surface area (Å²) in [7, 11) is 0. The maximum atomic E-state index is 12.0. The maximum Gasteiger partial charge on any atom is 0.220 e. The van der Waals surface area contributed by atoms with E-state index < -0.39 is 0 Å². The summed E-state index contributed by atoms with van der Waals surface area (Å²) in [6, 6.07) is 8.05. The zero-order valence-corrected chi connectivity index (χ0v) is 14.8. The summed E-state index contributed by atoms with van der Waals surface area (Å²) in [6.45, 7) is 5.00. The van der Waals surface area contributed by atoms with Crippen molar-refractivity contribution in [1.82, 2.24) is 10.6 Å². The Hall–Kier alpha value is -0.580. The molecule has 0 aliphatic carbocycles. The molecule has 1 atom stereocenters. The van der Waals surface area contributed by atoms with Gasteiger partial charge in [-0.3, -0.25) is 4.79 Å². The Morgan fingerprint density at radius 2 is 2.14 bits per heavy atom. The molecule has 1 heterocycles. The molecule has 1 fully saturated rings. The molecule has 3 nitrogen and oxygen atoms in total. The van der Waals surface area contributed by atoms with E-state index in [1.54, 1.807) is 0 Å². The minimum atomic E-state index is 0. The van der Waals surface area contributed by atoms with Crippen molar-refractivity contribution in [3.05, 3.63) is 34.3 Å². The van der Waals surface area contributed by atoms with Crippen LogP contribution in [0.25, 0.3) is 0 Å². The monoisotopic (exact) mass is 374 g/mol. The van der Waals surface area contributed by atoms with Crippen LogP contribution in [0.3, 0.4) is 0 Å². The molecule has 1 saturated heterocycles. The number of hydrogen-bond donors (Lipinski definition) is 2. The molecule has 2 rings (SSSR count). The number of carbonyl (C=O) groups is 1. The summed E-state index contributed by atoms with van der Waals surface area (Å²) in [5.41, 5.74) is 1.13. The predicted molar refractivity (Wildman–Crippen MR) is 92.6 cm³/mol. The normalized spacial score (nSPS) is 16.9.